The van der Waals surface area contributed by atoms with Gasteiger partial charge in [-0.05, 0) is 44.2 Å². The minimum absolute atomic E-state index is 0.0600. The van der Waals surface area contributed by atoms with Crippen LogP contribution >= 0.6 is 0 Å². The summed E-state index contributed by atoms with van der Waals surface area (Å²) in [5.41, 5.74) is 1.97. The van der Waals surface area contributed by atoms with E-state index in [1.807, 2.05) is 0 Å². The van der Waals surface area contributed by atoms with Gasteiger partial charge in [0, 0.05) is 18.4 Å². The normalized spacial score (nSPS) is 11.8. The fourth-order valence-electron chi connectivity index (χ4n) is 1.76. The molecule has 110 valence electrons. The highest BCUT2D eigenvalue weighted by Gasteiger charge is 2.15. The maximum Gasteiger partial charge on any atom is 0.264 e. The van der Waals surface area contributed by atoms with Gasteiger partial charge in [-0.2, -0.15) is 10.2 Å². The molecule has 8 heteroatoms. The second-order valence-electron chi connectivity index (χ2n) is 4.37. The molecule has 2 aromatic rings. The molecule has 21 heavy (non-hydrogen) atoms. The predicted molar refractivity (Wildman–Crippen MR) is 79.2 cm³/mol. The highest BCUT2D eigenvalue weighted by atomic mass is 32.2. The third-order valence-corrected chi connectivity index (χ3v) is 3.91. The lowest BCUT2D eigenvalue weighted by Gasteiger charge is -2.08. The van der Waals surface area contributed by atoms with Crippen molar-refractivity contribution in [3.8, 4) is 0 Å². The number of benzene rings is 1. The lowest BCUT2D eigenvalue weighted by atomic mass is 10.3. The summed E-state index contributed by atoms with van der Waals surface area (Å²) in [6.45, 7) is 3.55. The quantitative estimate of drug-likeness (QED) is 0.878. The molecule has 0 aliphatic heterocycles. The molecule has 0 spiro atoms. The Morgan fingerprint density at radius 2 is 1.62 bits per heavy atom. The molecule has 7 nitrogen and oxygen atoms in total. The van der Waals surface area contributed by atoms with E-state index in [0.717, 1.165) is 0 Å². The van der Waals surface area contributed by atoms with Gasteiger partial charge in [-0.25, -0.2) is 23.1 Å². The first-order chi connectivity index (χ1) is 9.90. The topological polar surface area (TPSA) is 96.7 Å². The van der Waals surface area contributed by atoms with Crippen LogP contribution in [0.2, 0.25) is 0 Å². The number of sulfonamides is 1. The number of nitrogens with zero attached hydrogens (tertiary/aromatic N) is 4. The van der Waals surface area contributed by atoms with Crippen LogP contribution in [0.5, 0.6) is 0 Å². The summed E-state index contributed by atoms with van der Waals surface area (Å²) in [4.78, 5) is 8.22. The summed E-state index contributed by atoms with van der Waals surface area (Å²) < 4.78 is 26.9. The van der Waals surface area contributed by atoms with Crippen molar-refractivity contribution in [2.45, 2.75) is 18.7 Å². The monoisotopic (exact) mass is 305 g/mol. The molecule has 0 amide bonds. The van der Waals surface area contributed by atoms with Crippen molar-refractivity contribution in [1.29, 1.82) is 0 Å². The fourth-order valence-corrected chi connectivity index (χ4v) is 2.70. The summed E-state index contributed by atoms with van der Waals surface area (Å²) in [6.07, 6.45) is 0. The molecule has 0 radical (unpaired) electrons. The van der Waals surface area contributed by atoms with Gasteiger partial charge in [0.15, 0.2) is 0 Å². The van der Waals surface area contributed by atoms with Crippen molar-refractivity contribution < 1.29 is 8.42 Å². The number of nitrogens with one attached hydrogen (secondary N) is 1. The van der Waals surface area contributed by atoms with Crippen LogP contribution in [-0.4, -0.2) is 25.4 Å². The first kappa shape index (κ1) is 15.0. The third-order valence-electron chi connectivity index (χ3n) is 2.57. The molecule has 1 aromatic carbocycles. The molecule has 1 N–H and O–H groups in total. The molecule has 0 saturated carbocycles. The zero-order valence-electron chi connectivity index (χ0n) is 11.9. The first-order valence-corrected chi connectivity index (χ1v) is 7.64. The van der Waals surface area contributed by atoms with Crippen molar-refractivity contribution >= 4 is 21.7 Å². The largest absolute Gasteiger partial charge is 0.264 e. The van der Waals surface area contributed by atoms with Crippen LogP contribution in [0.25, 0.3) is 0 Å². The van der Waals surface area contributed by atoms with E-state index in [1.54, 1.807) is 39.1 Å². The van der Waals surface area contributed by atoms with Crippen molar-refractivity contribution in [2.75, 3.05) is 11.8 Å². The lowest BCUT2D eigenvalue weighted by molar-refractivity contribution is 0.601. The van der Waals surface area contributed by atoms with Gasteiger partial charge in [-0.1, -0.05) is 0 Å². The molecule has 0 aliphatic rings. The van der Waals surface area contributed by atoms with Gasteiger partial charge in [0.2, 0.25) is 5.95 Å². The van der Waals surface area contributed by atoms with Crippen molar-refractivity contribution in [3.05, 3.63) is 41.7 Å². The second-order valence-corrected chi connectivity index (χ2v) is 6.06. The van der Waals surface area contributed by atoms with Crippen molar-refractivity contribution in [1.82, 2.24) is 9.97 Å². The van der Waals surface area contributed by atoms with Crippen LogP contribution < -0.4 is 4.72 Å². The average Bonchev–Trinajstić information content (AvgIpc) is 2.38. The number of aryl methyl sites for hydroxylation is 2. The van der Waals surface area contributed by atoms with E-state index >= 15 is 0 Å². The Bertz CT molecular complexity index is 749. The van der Waals surface area contributed by atoms with Crippen LogP contribution in [0.4, 0.5) is 11.6 Å². The minimum atomic E-state index is -3.73. The summed E-state index contributed by atoms with van der Waals surface area (Å²) in [6, 6.07) is 7.82. The highest BCUT2D eigenvalue weighted by molar-refractivity contribution is 7.92. The molecule has 0 unspecified atom stereocenters. The zero-order valence-corrected chi connectivity index (χ0v) is 12.7. The number of rotatable bonds is 4. The molecule has 0 fully saturated rings. The van der Waals surface area contributed by atoms with Crippen LogP contribution in [0, 0.1) is 13.8 Å². The van der Waals surface area contributed by atoms with E-state index in [2.05, 4.69) is 24.9 Å². The molecular formula is C13H15N5O2S. The van der Waals surface area contributed by atoms with Gasteiger partial charge in [-0.15, -0.1) is 0 Å². The maximum absolute atomic E-state index is 12.2. The average molecular weight is 305 g/mol. The van der Waals surface area contributed by atoms with Crippen LogP contribution in [-0.2, 0) is 10.0 Å². The molecule has 0 aliphatic carbocycles. The number of anilines is 1. The van der Waals surface area contributed by atoms with Gasteiger partial charge in [0.1, 0.15) is 0 Å². The van der Waals surface area contributed by atoms with Crippen LogP contribution in [0.1, 0.15) is 11.4 Å². The van der Waals surface area contributed by atoms with E-state index in [1.165, 1.54) is 12.1 Å². The molecule has 0 atom stereocenters. The smallest absolute Gasteiger partial charge is 0.247 e. The Morgan fingerprint density at radius 1 is 1.05 bits per heavy atom. The second kappa shape index (κ2) is 5.96. The Kier molecular flexibility index (Phi) is 4.27. The standard InChI is InChI=1S/C13H15N5O2S/c1-9-8-10(2)16-13(15-9)18-21(19,20)12-6-4-11(5-7-12)17-14-3/h4-8H,1-3H3,(H,15,16,18)/b17-14+. The van der Waals surface area contributed by atoms with Crippen molar-refractivity contribution in [2.24, 2.45) is 10.2 Å². The van der Waals surface area contributed by atoms with E-state index in [-0.39, 0.29) is 10.8 Å². The molecule has 0 bridgehead atoms. The predicted octanol–water partition coefficient (Wildman–Crippen LogP) is 2.61. The Hall–Kier alpha value is -2.35. The zero-order chi connectivity index (χ0) is 15.5. The summed E-state index contributed by atoms with van der Waals surface area (Å²) in [7, 11) is -2.18. The van der Waals surface area contributed by atoms with Gasteiger partial charge in [-0.3, -0.25) is 0 Å². The van der Waals surface area contributed by atoms with Gasteiger partial charge < -0.3 is 0 Å². The van der Waals surface area contributed by atoms with Gasteiger partial charge in [0.25, 0.3) is 10.0 Å². The van der Waals surface area contributed by atoms with Crippen molar-refractivity contribution in [3.63, 3.8) is 0 Å². The summed E-state index contributed by atoms with van der Waals surface area (Å²) >= 11 is 0. The highest BCUT2D eigenvalue weighted by Crippen LogP contribution is 2.18. The summed E-state index contributed by atoms with van der Waals surface area (Å²) in [5.74, 6) is 0.0600. The van der Waals surface area contributed by atoms with E-state index < -0.39 is 10.0 Å². The SMILES string of the molecule is C/N=N/c1ccc(S(=O)(=O)Nc2nc(C)cc(C)n2)cc1. The van der Waals surface area contributed by atoms with E-state index in [4.69, 9.17) is 0 Å². The first-order valence-electron chi connectivity index (χ1n) is 6.16. The Labute approximate surface area is 123 Å². The molecule has 1 aromatic heterocycles. The third kappa shape index (κ3) is 3.82. The van der Waals surface area contributed by atoms with Gasteiger partial charge >= 0.3 is 0 Å². The lowest BCUT2D eigenvalue weighted by Crippen LogP contribution is -2.15. The van der Waals surface area contributed by atoms with E-state index in [0.29, 0.717) is 17.1 Å². The molecular weight excluding hydrogens is 290 g/mol. The van der Waals surface area contributed by atoms with Crippen LogP contribution in [0.3, 0.4) is 0 Å². The number of azo groups is 1. The maximum atomic E-state index is 12.2. The Balaban J connectivity index is 2.29. The minimum Gasteiger partial charge on any atom is -0.247 e. The number of aromatic nitrogens is 2. The fraction of sp³-hybridized carbons (Fsp3) is 0.231. The molecule has 0 saturated heterocycles. The number of hydrogen-bond acceptors (Lipinski definition) is 6. The summed E-state index contributed by atoms with van der Waals surface area (Å²) in [5, 5.41) is 7.45. The Morgan fingerprint density at radius 3 is 2.14 bits per heavy atom. The number of hydrogen-bond donors (Lipinski definition) is 1. The molecule has 1 heterocycles. The molecule has 2 rings (SSSR count). The van der Waals surface area contributed by atoms with Gasteiger partial charge in [0.05, 0.1) is 10.6 Å². The van der Waals surface area contributed by atoms with E-state index in [9.17, 15) is 8.42 Å². The van der Waals surface area contributed by atoms with Crippen LogP contribution in [0.15, 0.2) is 45.5 Å².